The van der Waals surface area contributed by atoms with E-state index in [0.717, 1.165) is 0 Å². The number of rotatable bonds is 9. The lowest BCUT2D eigenvalue weighted by Crippen LogP contribution is -2.13. The Bertz CT molecular complexity index is 1150. The van der Waals surface area contributed by atoms with Crippen LogP contribution in [0.2, 0.25) is 0 Å². The van der Waals surface area contributed by atoms with Gasteiger partial charge in [-0.25, -0.2) is 4.79 Å². The molecule has 3 aromatic carbocycles. The average molecular weight is 445 g/mol. The third-order valence-electron chi connectivity index (χ3n) is 4.68. The molecule has 0 spiro atoms. The molecule has 0 unspecified atom stereocenters. The van der Waals surface area contributed by atoms with Crippen molar-refractivity contribution in [2.24, 2.45) is 0 Å². The molecule has 0 bridgehead atoms. The number of benzene rings is 3. The van der Waals surface area contributed by atoms with Crippen molar-refractivity contribution in [2.75, 3.05) is 26.1 Å². The van der Waals surface area contributed by atoms with Crippen LogP contribution < -0.4 is 14.8 Å². The predicted octanol–water partition coefficient (Wildman–Crippen LogP) is 4.40. The molecular weight excluding hydrogens is 422 g/mol. The molecule has 0 aromatic heterocycles. The topological polar surface area (TPSA) is 90.9 Å². The summed E-state index contributed by atoms with van der Waals surface area (Å²) in [5.74, 6) is -0.0996. The number of methoxy groups -OCH3 is 2. The average Bonchev–Trinajstić information content (AvgIpc) is 2.86. The van der Waals surface area contributed by atoms with Gasteiger partial charge in [0.2, 0.25) is 0 Å². The van der Waals surface area contributed by atoms with Gasteiger partial charge in [-0.3, -0.25) is 9.59 Å². The van der Waals surface area contributed by atoms with Crippen LogP contribution in [0.25, 0.3) is 6.08 Å². The highest BCUT2D eigenvalue weighted by atomic mass is 16.5. The summed E-state index contributed by atoms with van der Waals surface area (Å²) in [5, 5.41) is 2.76. The number of ether oxygens (including phenoxy) is 3. The van der Waals surface area contributed by atoms with E-state index in [9.17, 15) is 14.4 Å². The van der Waals surface area contributed by atoms with E-state index in [-0.39, 0.29) is 11.7 Å². The van der Waals surface area contributed by atoms with Gasteiger partial charge in [-0.1, -0.05) is 18.2 Å². The van der Waals surface area contributed by atoms with Crippen LogP contribution in [0.3, 0.4) is 0 Å². The van der Waals surface area contributed by atoms with E-state index in [0.29, 0.717) is 33.9 Å². The number of ketones is 1. The SMILES string of the molecule is COc1ccc(OC)c(/C=C/C(=O)OCC(=O)c2ccc(NC(=O)c3ccccc3)cc2)c1. The van der Waals surface area contributed by atoms with E-state index in [2.05, 4.69) is 5.32 Å². The maximum Gasteiger partial charge on any atom is 0.331 e. The molecule has 0 fully saturated rings. The molecule has 1 amide bonds. The van der Waals surface area contributed by atoms with Gasteiger partial charge in [-0.05, 0) is 60.7 Å². The van der Waals surface area contributed by atoms with Crippen LogP contribution in [0, 0.1) is 0 Å². The first-order chi connectivity index (χ1) is 16.0. The summed E-state index contributed by atoms with van der Waals surface area (Å²) in [4.78, 5) is 36.6. The van der Waals surface area contributed by atoms with Crippen molar-refractivity contribution in [2.45, 2.75) is 0 Å². The fourth-order valence-corrected chi connectivity index (χ4v) is 2.93. The molecule has 1 N–H and O–H groups in total. The third kappa shape index (κ3) is 6.54. The number of hydrogen-bond acceptors (Lipinski definition) is 6. The Morgan fingerprint density at radius 1 is 0.848 bits per heavy atom. The predicted molar refractivity (Wildman–Crippen MR) is 125 cm³/mol. The molecule has 0 radical (unpaired) electrons. The summed E-state index contributed by atoms with van der Waals surface area (Å²) >= 11 is 0. The van der Waals surface area contributed by atoms with Crippen molar-refractivity contribution in [3.05, 3.63) is 95.6 Å². The second kappa shape index (κ2) is 11.3. The summed E-state index contributed by atoms with van der Waals surface area (Å²) in [6.07, 6.45) is 2.74. The number of carbonyl (C=O) groups excluding carboxylic acids is 3. The lowest BCUT2D eigenvalue weighted by atomic mass is 10.1. The van der Waals surface area contributed by atoms with E-state index in [1.165, 1.54) is 19.3 Å². The summed E-state index contributed by atoms with van der Waals surface area (Å²) in [6, 6.07) is 20.3. The van der Waals surface area contributed by atoms with Crippen molar-refractivity contribution in [1.29, 1.82) is 0 Å². The number of Topliss-reactive ketones (excluding diaryl/α,β-unsaturated/α-hetero) is 1. The van der Waals surface area contributed by atoms with E-state index < -0.39 is 12.6 Å². The summed E-state index contributed by atoms with van der Waals surface area (Å²) < 4.78 is 15.5. The van der Waals surface area contributed by atoms with Gasteiger partial charge in [0.15, 0.2) is 12.4 Å². The molecular formula is C26H23NO6. The van der Waals surface area contributed by atoms with E-state index >= 15 is 0 Å². The standard InChI is InChI=1S/C26H23NO6/c1-31-22-13-14-24(32-2)20(16-22)10-15-25(29)33-17-23(28)18-8-11-21(12-9-18)27-26(30)19-6-4-3-5-7-19/h3-16H,17H2,1-2H3,(H,27,30)/b15-10+. The third-order valence-corrected chi connectivity index (χ3v) is 4.68. The zero-order valence-corrected chi connectivity index (χ0v) is 18.2. The number of hydrogen-bond donors (Lipinski definition) is 1. The first-order valence-corrected chi connectivity index (χ1v) is 10.1. The Labute approximate surface area is 191 Å². The first-order valence-electron chi connectivity index (χ1n) is 10.1. The van der Waals surface area contributed by atoms with Gasteiger partial charge in [0, 0.05) is 28.5 Å². The molecule has 7 heteroatoms. The normalized spacial score (nSPS) is 10.5. The van der Waals surface area contributed by atoms with Crippen molar-refractivity contribution < 1.29 is 28.6 Å². The molecule has 0 saturated heterocycles. The highest BCUT2D eigenvalue weighted by Crippen LogP contribution is 2.25. The molecule has 0 saturated carbocycles. The summed E-state index contributed by atoms with van der Waals surface area (Å²) in [7, 11) is 3.06. The van der Waals surface area contributed by atoms with Crippen molar-refractivity contribution in [3.63, 3.8) is 0 Å². The number of nitrogens with one attached hydrogen (secondary N) is 1. The Kier molecular flexibility index (Phi) is 7.96. The van der Waals surface area contributed by atoms with Gasteiger partial charge in [-0.15, -0.1) is 0 Å². The van der Waals surface area contributed by atoms with E-state index in [4.69, 9.17) is 14.2 Å². The van der Waals surface area contributed by atoms with Gasteiger partial charge in [0.1, 0.15) is 11.5 Å². The molecule has 0 heterocycles. The Morgan fingerprint density at radius 3 is 2.24 bits per heavy atom. The Hall–Kier alpha value is -4.39. The summed E-state index contributed by atoms with van der Waals surface area (Å²) in [6.45, 7) is -0.409. The van der Waals surface area contributed by atoms with Crippen LogP contribution in [-0.2, 0) is 9.53 Å². The quantitative estimate of drug-likeness (QED) is 0.298. The van der Waals surface area contributed by atoms with E-state index in [1.807, 2.05) is 6.07 Å². The molecule has 33 heavy (non-hydrogen) atoms. The molecule has 0 aliphatic carbocycles. The molecule has 7 nitrogen and oxygen atoms in total. The largest absolute Gasteiger partial charge is 0.497 e. The zero-order chi connectivity index (χ0) is 23.6. The molecule has 0 aliphatic rings. The second-order valence-corrected chi connectivity index (χ2v) is 6.87. The molecule has 0 aliphatic heterocycles. The molecule has 3 aromatic rings. The lowest BCUT2D eigenvalue weighted by Gasteiger charge is -2.07. The van der Waals surface area contributed by atoms with Crippen LogP contribution in [0.1, 0.15) is 26.3 Å². The fourth-order valence-electron chi connectivity index (χ4n) is 2.93. The van der Waals surface area contributed by atoms with Crippen molar-refractivity contribution in [1.82, 2.24) is 0 Å². The van der Waals surface area contributed by atoms with Crippen LogP contribution in [-0.4, -0.2) is 38.5 Å². The highest BCUT2D eigenvalue weighted by molar-refractivity contribution is 6.04. The van der Waals surface area contributed by atoms with Gasteiger partial charge < -0.3 is 19.5 Å². The maximum absolute atomic E-state index is 12.3. The first kappa shape index (κ1) is 23.3. The minimum absolute atomic E-state index is 0.247. The maximum atomic E-state index is 12.3. The van der Waals surface area contributed by atoms with E-state index in [1.54, 1.807) is 73.8 Å². The number of esters is 1. The minimum atomic E-state index is -0.667. The fraction of sp³-hybridized carbons (Fsp3) is 0.115. The van der Waals surface area contributed by atoms with Gasteiger partial charge in [0.05, 0.1) is 14.2 Å². The van der Waals surface area contributed by atoms with Crippen LogP contribution in [0.15, 0.2) is 78.9 Å². The number of carbonyl (C=O) groups is 3. The second-order valence-electron chi connectivity index (χ2n) is 6.87. The lowest BCUT2D eigenvalue weighted by molar-refractivity contribution is -0.136. The van der Waals surface area contributed by atoms with Gasteiger partial charge in [-0.2, -0.15) is 0 Å². The minimum Gasteiger partial charge on any atom is -0.497 e. The molecule has 3 rings (SSSR count). The Morgan fingerprint density at radius 2 is 1.58 bits per heavy atom. The monoisotopic (exact) mass is 445 g/mol. The number of anilines is 1. The zero-order valence-electron chi connectivity index (χ0n) is 18.2. The van der Waals surface area contributed by atoms with Gasteiger partial charge in [0.25, 0.3) is 5.91 Å². The van der Waals surface area contributed by atoms with Crippen molar-refractivity contribution in [3.8, 4) is 11.5 Å². The molecule has 0 atom stereocenters. The molecule has 168 valence electrons. The number of amides is 1. The van der Waals surface area contributed by atoms with Gasteiger partial charge >= 0.3 is 5.97 Å². The van der Waals surface area contributed by atoms with Crippen LogP contribution in [0.5, 0.6) is 11.5 Å². The van der Waals surface area contributed by atoms with Crippen molar-refractivity contribution >= 4 is 29.4 Å². The Balaban J connectivity index is 1.53. The summed E-state index contributed by atoms with van der Waals surface area (Å²) in [5.41, 5.74) is 2.07. The van der Waals surface area contributed by atoms with Crippen LogP contribution >= 0.6 is 0 Å². The highest BCUT2D eigenvalue weighted by Gasteiger charge is 2.10. The van der Waals surface area contributed by atoms with Crippen LogP contribution in [0.4, 0.5) is 5.69 Å². The smallest absolute Gasteiger partial charge is 0.331 e.